The van der Waals surface area contributed by atoms with Gasteiger partial charge in [-0.25, -0.2) is 9.59 Å². The zero-order valence-corrected chi connectivity index (χ0v) is 31.2. The molecule has 2 amide bonds. The summed E-state index contributed by atoms with van der Waals surface area (Å²) in [5.41, 5.74) is 1.63. The number of carbonyl (C=O) groups excluding carboxylic acids is 2. The number of rotatable bonds is 17. The number of aromatic nitrogens is 2. The summed E-state index contributed by atoms with van der Waals surface area (Å²) >= 11 is 0. The molecular formula is C32H54Br2N6O4. The molecule has 2 aromatic rings. The average Bonchev–Trinajstić information content (AvgIpc) is 2.91. The van der Waals surface area contributed by atoms with Crippen LogP contribution in [0.25, 0.3) is 0 Å². The van der Waals surface area contributed by atoms with E-state index in [1.54, 1.807) is 52.7 Å². The number of ether oxygens (including phenoxy) is 2. The number of amides is 2. The molecule has 0 aromatic carbocycles. The van der Waals surface area contributed by atoms with Crippen LogP contribution in [0.4, 0.5) is 9.59 Å². The smallest absolute Gasteiger partial charge is 0.414 e. The lowest BCUT2D eigenvalue weighted by molar-refractivity contribution is -0.904. The first-order valence-electron chi connectivity index (χ1n) is 15.1. The van der Waals surface area contributed by atoms with Crippen molar-refractivity contribution in [2.75, 3.05) is 69.5 Å². The monoisotopic (exact) mass is 744 g/mol. The zero-order valence-electron chi connectivity index (χ0n) is 28.0. The van der Waals surface area contributed by atoms with Crippen molar-refractivity contribution in [1.29, 1.82) is 0 Å². The highest BCUT2D eigenvalue weighted by Crippen LogP contribution is 2.22. The van der Waals surface area contributed by atoms with E-state index in [1.165, 1.54) is 48.3 Å². The minimum atomic E-state index is -0.389. The van der Waals surface area contributed by atoms with Gasteiger partial charge in [0, 0.05) is 40.6 Å². The summed E-state index contributed by atoms with van der Waals surface area (Å²) in [6.07, 6.45) is 12.6. The number of pyridine rings is 2. The minimum absolute atomic E-state index is 0. The third kappa shape index (κ3) is 16.2. The first-order chi connectivity index (χ1) is 19.8. The molecular weight excluding hydrogens is 692 g/mol. The van der Waals surface area contributed by atoms with E-state index in [9.17, 15) is 9.59 Å². The van der Waals surface area contributed by atoms with E-state index >= 15 is 0 Å². The van der Waals surface area contributed by atoms with E-state index < -0.39 is 0 Å². The van der Waals surface area contributed by atoms with Crippen molar-refractivity contribution in [2.45, 2.75) is 64.5 Å². The van der Waals surface area contributed by atoms with Gasteiger partial charge in [0.1, 0.15) is 24.5 Å². The molecule has 0 spiro atoms. The molecule has 2 aromatic heterocycles. The topological polar surface area (TPSA) is 84.9 Å². The Hall–Kier alpha value is -2.28. The molecule has 44 heavy (non-hydrogen) atoms. The number of unbranched alkanes of at least 4 members (excludes halogenated alkanes) is 7. The van der Waals surface area contributed by atoms with Crippen LogP contribution >= 0.6 is 0 Å². The lowest BCUT2D eigenvalue weighted by Crippen LogP contribution is -3.00. The highest BCUT2D eigenvalue weighted by molar-refractivity contribution is 5.70. The van der Waals surface area contributed by atoms with Crippen molar-refractivity contribution in [3.05, 3.63) is 48.0 Å². The molecule has 0 fully saturated rings. The third-order valence-corrected chi connectivity index (χ3v) is 7.25. The Bertz CT molecular complexity index is 1040. The fourth-order valence-corrected chi connectivity index (χ4v) is 4.75. The van der Waals surface area contributed by atoms with Gasteiger partial charge in [-0.15, -0.1) is 0 Å². The number of quaternary nitrogens is 2. The standard InChI is InChI=1S/C32H54N6O4.2BrH/c1-35(2)31(39)41-29-19-17-21-33-27(29)25-37(5,6)23-15-13-11-9-10-12-14-16-24-38(7,8)26-28-30(20-18-22-34-28)42-32(40)36(3)4;;/h17-22H,9-16,23-26H2,1-8H3;2*1H/q+2;;/p-2. The number of hydrogen-bond donors (Lipinski definition) is 0. The second-order valence-electron chi connectivity index (χ2n) is 12.9. The summed E-state index contributed by atoms with van der Waals surface area (Å²) in [6.45, 7) is 3.54. The van der Waals surface area contributed by atoms with Crippen LogP contribution in [-0.4, -0.2) is 110 Å². The van der Waals surface area contributed by atoms with Crippen LogP contribution in [0.2, 0.25) is 0 Å². The summed E-state index contributed by atoms with van der Waals surface area (Å²) in [6, 6.07) is 7.22. The highest BCUT2D eigenvalue weighted by Gasteiger charge is 2.22. The van der Waals surface area contributed by atoms with Gasteiger partial charge in [-0.2, -0.15) is 0 Å². The van der Waals surface area contributed by atoms with E-state index in [4.69, 9.17) is 9.47 Å². The largest absolute Gasteiger partial charge is 1.00 e. The summed E-state index contributed by atoms with van der Waals surface area (Å²) in [5, 5.41) is 0. The van der Waals surface area contributed by atoms with Crippen LogP contribution in [0.1, 0.15) is 62.8 Å². The molecule has 0 N–H and O–H groups in total. The Morgan fingerprint density at radius 1 is 0.614 bits per heavy atom. The number of hydrogen-bond acceptors (Lipinski definition) is 6. The van der Waals surface area contributed by atoms with E-state index in [0.29, 0.717) is 24.6 Å². The maximum absolute atomic E-state index is 12.0. The van der Waals surface area contributed by atoms with Crippen LogP contribution in [0.3, 0.4) is 0 Å². The predicted molar refractivity (Wildman–Crippen MR) is 166 cm³/mol. The summed E-state index contributed by atoms with van der Waals surface area (Å²) in [5.74, 6) is 1.08. The van der Waals surface area contributed by atoms with E-state index in [1.807, 2.05) is 12.1 Å². The summed E-state index contributed by atoms with van der Waals surface area (Å²) < 4.78 is 12.6. The quantitative estimate of drug-likeness (QED) is 0.162. The fourth-order valence-electron chi connectivity index (χ4n) is 4.75. The van der Waals surface area contributed by atoms with Crippen molar-refractivity contribution >= 4 is 12.2 Å². The molecule has 10 nitrogen and oxygen atoms in total. The van der Waals surface area contributed by atoms with Crippen molar-refractivity contribution in [1.82, 2.24) is 19.8 Å². The Morgan fingerprint density at radius 2 is 0.932 bits per heavy atom. The van der Waals surface area contributed by atoms with Crippen LogP contribution in [0, 0.1) is 0 Å². The average molecular weight is 747 g/mol. The molecule has 0 aliphatic carbocycles. The van der Waals surface area contributed by atoms with Gasteiger partial charge in [0.05, 0.1) is 41.3 Å². The van der Waals surface area contributed by atoms with Gasteiger partial charge in [-0.1, -0.05) is 25.7 Å². The van der Waals surface area contributed by atoms with Gasteiger partial charge in [0.15, 0.2) is 11.5 Å². The molecule has 12 heteroatoms. The van der Waals surface area contributed by atoms with Gasteiger partial charge < -0.3 is 62.2 Å². The molecule has 2 rings (SSSR count). The van der Waals surface area contributed by atoms with Gasteiger partial charge in [-0.05, 0) is 49.9 Å². The van der Waals surface area contributed by atoms with Gasteiger partial charge in [-0.3, -0.25) is 9.97 Å². The molecule has 0 aliphatic heterocycles. The Balaban J connectivity index is 0.00000924. The SMILES string of the molecule is CN(C)C(=O)Oc1cccnc1C[N+](C)(C)CCCCCCCCCC[N+](C)(C)Cc1ncccc1OC(=O)N(C)C.[Br-].[Br-]. The molecule has 0 atom stereocenters. The lowest BCUT2D eigenvalue weighted by atomic mass is 10.1. The third-order valence-electron chi connectivity index (χ3n) is 7.25. The van der Waals surface area contributed by atoms with Gasteiger partial charge in [0.25, 0.3) is 0 Å². The Labute approximate surface area is 286 Å². The summed E-state index contributed by atoms with van der Waals surface area (Å²) in [7, 11) is 15.5. The molecule has 2 heterocycles. The first kappa shape index (κ1) is 41.7. The molecule has 0 saturated carbocycles. The molecule has 0 saturated heterocycles. The van der Waals surface area contributed by atoms with Crippen LogP contribution in [0.15, 0.2) is 36.7 Å². The predicted octanol–water partition coefficient (Wildman–Crippen LogP) is -0.421. The number of nitrogens with zero attached hydrogens (tertiary/aromatic N) is 6. The van der Waals surface area contributed by atoms with E-state index in [-0.39, 0.29) is 46.1 Å². The molecule has 0 unspecified atom stereocenters. The number of halogens is 2. The number of carbonyl (C=O) groups is 2. The fraction of sp³-hybridized carbons (Fsp3) is 0.625. The van der Waals surface area contributed by atoms with Gasteiger partial charge >= 0.3 is 12.2 Å². The van der Waals surface area contributed by atoms with Crippen LogP contribution in [0.5, 0.6) is 11.5 Å². The maximum atomic E-state index is 12.0. The molecule has 0 radical (unpaired) electrons. The zero-order chi connectivity index (χ0) is 31.2. The molecule has 250 valence electrons. The van der Waals surface area contributed by atoms with Crippen molar-refractivity contribution in [2.24, 2.45) is 0 Å². The Kier molecular flexibility index (Phi) is 19.6. The van der Waals surface area contributed by atoms with Crippen LogP contribution < -0.4 is 43.4 Å². The van der Waals surface area contributed by atoms with E-state index in [0.717, 1.165) is 46.3 Å². The van der Waals surface area contributed by atoms with Gasteiger partial charge in [0.2, 0.25) is 0 Å². The van der Waals surface area contributed by atoms with E-state index in [2.05, 4.69) is 38.2 Å². The molecule has 0 bridgehead atoms. The first-order valence-corrected chi connectivity index (χ1v) is 15.1. The maximum Gasteiger partial charge on any atom is 0.414 e. The Morgan fingerprint density at radius 3 is 1.25 bits per heavy atom. The summed E-state index contributed by atoms with van der Waals surface area (Å²) in [4.78, 5) is 35.8. The highest BCUT2D eigenvalue weighted by atomic mass is 79.9. The molecule has 0 aliphatic rings. The second-order valence-corrected chi connectivity index (χ2v) is 12.9. The lowest BCUT2D eigenvalue weighted by Gasteiger charge is -2.30. The van der Waals surface area contributed by atoms with Crippen molar-refractivity contribution < 1.29 is 62.0 Å². The van der Waals surface area contributed by atoms with Crippen molar-refractivity contribution in [3.8, 4) is 11.5 Å². The normalized spacial score (nSPS) is 11.2. The van der Waals surface area contributed by atoms with Crippen molar-refractivity contribution in [3.63, 3.8) is 0 Å². The minimum Gasteiger partial charge on any atom is -1.00 e. The van der Waals surface area contributed by atoms with Crippen LogP contribution in [-0.2, 0) is 13.1 Å². The second kappa shape index (κ2) is 20.7.